The van der Waals surface area contributed by atoms with Crippen LogP contribution in [0.3, 0.4) is 0 Å². The molecule has 0 atom stereocenters. The number of nitrogens with zero attached hydrogens (tertiary/aromatic N) is 1. The number of primary sulfonamides is 1. The number of hydrogen-bond acceptors (Lipinski definition) is 3. The molecule has 128 valence electrons. The Labute approximate surface area is 138 Å². The van der Waals surface area contributed by atoms with E-state index in [1.807, 2.05) is 11.0 Å². The molecule has 0 aliphatic carbocycles. The first kappa shape index (κ1) is 17.9. The molecule has 1 heterocycles. The Morgan fingerprint density at radius 1 is 1.17 bits per heavy atom. The SMILES string of the molecule is NS(=O)(=O)CCCC(=O)N1CCC(CCc2ccccc2)CC1. The number of rotatable bonds is 7. The highest BCUT2D eigenvalue weighted by atomic mass is 32.2. The van der Waals surface area contributed by atoms with E-state index in [1.165, 1.54) is 5.56 Å². The summed E-state index contributed by atoms with van der Waals surface area (Å²) in [5.74, 6) is 0.602. The van der Waals surface area contributed by atoms with Crippen LogP contribution in [0.2, 0.25) is 0 Å². The summed E-state index contributed by atoms with van der Waals surface area (Å²) in [7, 11) is -3.46. The molecule has 2 N–H and O–H groups in total. The van der Waals surface area contributed by atoms with Crippen LogP contribution < -0.4 is 5.14 Å². The molecule has 0 unspecified atom stereocenters. The average Bonchev–Trinajstić information content (AvgIpc) is 2.53. The maximum atomic E-state index is 12.1. The molecule has 1 aliphatic heterocycles. The highest BCUT2D eigenvalue weighted by molar-refractivity contribution is 7.89. The lowest BCUT2D eigenvalue weighted by Gasteiger charge is -2.32. The Balaban J connectivity index is 1.66. The molecular formula is C17H26N2O3S. The Bertz CT molecular complexity index is 594. The zero-order valence-corrected chi connectivity index (χ0v) is 14.3. The van der Waals surface area contributed by atoms with Gasteiger partial charge in [0.25, 0.3) is 0 Å². The zero-order chi connectivity index (χ0) is 16.7. The van der Waals surface area contributed by atoms with Crippen LogP contribution in [-0.4, -0.2) is 38.1 Å². The number of amides is 1. The zero-order valence-electron chi connectivity index (χ0n) is 13.5. The fraction of sp³-hybridized carbons (Fsp3) is 0.588. The van der Waals surface area contributed by atoms with Gasteiger partial charge in [-0.15, -0.1) is 0 Å². The van der Waals surface area contributed by atoms with Crippen LogP contribution in [0.5, 0.6) is 0 Å². The Kier molecular flexibility index (Phi) is 6.59. The van der Waals surface area contributed by atoms with Gasteiger partial charge in [0, 0.05) is 19.5 Å². The van der Waals surface area contributed by atoms with E-state index in [0.717, 1.165) is 38.8 Å². The van der Waals surface area contributed by atoms with Gasteiger partial charge in [0.2, 0.25) is 15.9 Å². The van der Waals surface area contributed by atoms with Crippen LogP contribution in [-0.2, 0) is 21.2 Å². The second-order valence-corrected chi connectivity index (χ2v) is 8.05. The van der Waals surface area contributed by atoms with E-state index in [1.54, 1.807) is 0 Å². The van der Waals surface area contributed by atoms with Gasteiger partial charge >= 0.3 is 0 Å². The number of nitrogens with two attached hydrogens (primary N) is 1. The van der Waals surface area contributed by atoms with Gasteiger partial charge in [0.05, 0.1) is 5.75 Å². The van der Waals surface area contributed by atoms with Gasteiger partial charge < -0.3 is 4.90 Å². The number of aryl methyl sites for hydroxylation is 1. The Morgan fingerprint density at radius 2 is 1.83 bits per heavy atom. The molecule has 0 spiro atoms. The molecule has 1 amide bonds. The number of carbonyl (C=O) groups is 1. The molecule has 1 aromatic carbocycles. The number of benzene rings is 1. The van der Waals surface area contributed by atoms with Crippen molar-refractivity contribution in [3.8, 4) is 0 Å². The first-order valence-electron chi connectivity index (χ1n) is 8.26. The molecule has 1 fully saturated rings. The summed E-state index contributed by atoms with van der Waals surface area (Å²) in [5.41, 5.74) is 1.37. The van der Waals surface area contributed by atoms with E-state index in [-0.39, 0.29) is 18.1 Å². The van der Waals surface area contributed by atoms with Crippen molar-refractivity contribution in [2.45, 2.75) is 38.5 Å². The van der Waals surface area contributed by atoms with E-state index in [2.05, 4.69) is 24.3 Å². The van der Waals surface area contributed by atoms with Crippen LogP contribution >= 0.6 is 0 Å². The molecule has 1 aliphatic rings. The van der Waals surface area contributed by atoms with E-state index >= 15 is 0 Å². The third-order valence-electron chi connectivity index (χ3n) is 4.47. The fourth-order valence-corrected chi connectivity index (χ4v) is 3.62. The minimum Gasteiger partial charge on any atom is -0.343 e. The maximum Gasteiger partial charge on any atom is 0.222 e. The van der Waals surface area contributed by atoms with Crippen molar-refractivity contribution in [1.82, 2.24) is 4.90 Å². The van der Waals surface area contributed by atoms with Crippen molar-refractivity contribution in [2.75, 3.05) is 18.8 Å². The lowest BCUT2D eigenvalue weighted by Crippen LogP contribution is -2.38. The van der Waals surface area contributed by atoms with Crippen LogP contribution in [0.4, 0.5) is 0 Å². The maximum absolute atomic E-state index is 12.1. The monoisotopic (exact) mass is 338 g/mol. The van der Waals surface area contributed by atoms with Crippen molar-refractivity contribution in [3.63, 3.8) is 0 Å². The predicted octanol–water partition coefficient (Wildman–Crippen LogP) is 1.93. The lowest BCUT2D eigenvalue weighted by atomic mass is 9.90. The molecule has 23 heavy (non-hydrogen) atoms. The minimum absolute atomic E-state index is 0.0511. The highest BCUT2D eigenvalue weighted by Crippen LogP contribution is 2.23. The molecule has 0 radical (unpaired) electrons. The third kappa shape index (κ3) is 6.71. The van der Waals surface area contributed by atoms with Crippen molar-refractivity contribution in [3.05, 3.63) is 35.9 Å². The third-order valence-corrected chi connectivity index (χ3v) is 5.33. The summed E-state index contributed by atoms with van der Waals surface area (Å²) in [4.78, 5) is 13.9. The summed E-state index contributed by atoms with van der Waals surface area (Å²) in [6, 6.07) is 10.5. The summed E-state index contributed by atoms with van der Waals surface area (Å²) in [6.07, 6.45) is 4.91. The normalized spacial score (nSPS) is 16.5. The van der Waals surface area contributed by atoms with Gasteiger partial charge in [-0.3, -0.25) is 4.79 Å². The quantitative estimate of drug-likeness (QED) is 0.825. The molecule has 1 aromatic rings. The van der Waals surface area contributed by atoms with Crippen molar-refractivity contribution < 1.29 is 13.2 Å². The van der Waals surface area contributed by atoms with Gasteiger partial charge in [-0.1, -0.05) is 30.3 Å². The molecule has 0 bridgehead atoms. The van der Waals surface area contributed by atoms with Crippen LogP contribution in [0.15, 0.2) is 30.3 Å². The number of carbonyl (C=O) groups excluding carboxylic acids is 1. The molecule has 0 aromatic heterocycles. The predicted molar refractivity (Wildman–Crippen MR) is 91.3 cm³/mol. The number of likely N-dealkylation sites (tertiary alicyclic amines) is 1. The van der Waals surface area contributed by atoms with E-state index in [4.69, 9.17) is 5.14 Å². The van der Waals surface area contributed by atoms with Gasteiger partial charge in [-0.2, -0.15) is 0 Å². The highest BCUT2D eigenvalue weighted by Gasteiger charge is 2.22. The summed E-state index contributed by atoms with van der Waals surface area (Å²) in [6.45, 7) is 1.57. The van der Waals surface area contributed by atoms with E-state index in [0.29, 0.717) is 12.3 Å². The van der Waals surface area contributed by atoms with Gasteiger partial charge in [0.1, 0.15) is 0 Å². The molecular weight excluding hydrogens is 312 g/mol. The molecule has 5 nitrogen and oxygen atoms in total. The van der Waals surface area contributed by atoms with Crippen LogP contribution in [0, 0.1) is 5.92 Å². The molecule has 2 rings (SSSR count). The van der Waals surface area contributed by atoms with E-state index in [9.17, 15) is 13.2 Å². The van der Waals surface area contributed by atoms with Gasteiger partial charge in [-0.05, 0) is 43.6 Å². The minimum atomic E-state index is -3.46. The summed E-state index contributed by atoms with van der Waals surface area (Å²) < 4.78 is 21.7. The second-order valence-electron chi connectivity index (χ2n) is 6.32. The number of sulfonamides is 1. The molecule has 0 saturated carbocycles. The topological polar surface area (TPSA) is 80.5 Å². The van der Waals surface area contributed by atoms with E-state index < -0.39 is 10.0 Å². The Morgan fingerprint density at radius 3 is 2.43 bits per heavy atom. The molecule has 6 heteroatoms. The number of hydrogen-bond donors (Lipinski definition) is 1. The smallest absolute Gasteiger partial charge is 0.222 e. The summed E-state index contributed by atoms with van der Waals surface area (Å²) in [5, 5.41) is 4.95. The van der Waals surface area contributed by atoms with Crippen molar-refractivity contribution in [1.29, 1.82) is 0 Å². The Hall–Kier alpha value is -1.40. The first-order valence-corrected chi connectivity index (χ1v) is 9.98. The summed E-state index contributed by atoms with van der Waals surface area (Å²) >= 11 is 0. The number of piperidine rings is 1. The van der Waals surface area contributed by atoms with Crippen LogP contribution in [0.25, 0.3) is 0 Å². The lowest BCUT2D eigenvalue weighted by molar-refractivity contribution is -0.132. The first-order chi connectivity index (χ1) is 10.9. The standard InChI is InChI=1S/C17H26N2O3S/c18-23(21,22)14-4-7-17(20)19-12-10-16(11-13-19)9-8-15-5-2-1-3-6-15/h1-3,5-6,16H,4,7-14H2,(H2,18,21,22). The van der Waals surface area contributed by atoms with Gasteiger partial charge in [0.15, 0.2) is 0 Å². The van der Waals surface area contributed by atoms with Crippen LogP contribution in [0.1, 0.15) is 37.7 Å². The fourth-order valence-electron chi connectivity index (χ4n) is 3.07. The van der Waals surface area contributed by atoms with Crippen molar-refractivity contribution >= 4 is 15.9 Å². The van der Waals surface area contributed by atoms with Crippen molar-refractivity contribution in [2.24, 2.45) is 11.1 Å². The second kappa shape index (κ2) is 8.45. The van der Waals surface area contributed by atoms with Gasteiger partial charge in [-0.25, -0.2) is 13.6 Å². The molecule has 1 saturated heterocycles. The average molecular weight is 338 g/mol. The largest absolute Gasteiger partial charge is 0.343 e.